The zero-order chi connectivity index (χ0) is 16.1. The van der Waals surface area contributed by atoms with Gasteiger partial charge in [0.15, 0.2) is 0 Å². The molecule has 0 fully saturated rings. The molecule has 0 heterocycles. The third-order valence-electron chi connectivity index (χ3n) is 2.98. The molecule has 22 heavy (non-hydrogen) atoms. The Kier molecular flexibility index (Phi) is 5.35. The van der Waals surface area contributed by atoms with Crippen LogP contribution in [0.2, 0.25) is 10.0 Å². The smallest absolute Gasteiger partial charge is 0.289 e. The first-order valence-electron chi connectivity index (χ1n) is 6.44. The molecular weight excluding hydrogens is 327 g/mol. The number of nitro benzene ring substituents is 1. The lowest BCUT2D eigenvalue weighted by Crippen LogP contribution is -2.12. The van der Waals surface area contributed by atoms with Crippen molar-refractivity contribution in [2.45, 2.75) is 12.8 Å². The fourth-order valence-corrected chi connectivity index (χ4v) is 2.18. The van der Waals surface area contributed by atoms with Gasteiger partial charge in [-0.2, -0.15) is 0 Å². The highest BCUT2D eigenvalue weighted by Crippen LogP contribution is 2.27. The topological polar surface area (TPSA) is 72.2 Å². The van der Waals surface area contributed by atoms with Gasteiger partial charge in [-0.15, -0.1) is 0 Å². The van der Waals surface area contributed by atoms with Gasteiger partial charge in [0.2, 0.25) is 5.91 Å². The van der Waals surface area contributed by atoms with Crippen molar-refractivity contribution in [2.75, 3.05) is 5.32 Å². The van der Waals surface area contributed by atoms with Crippen LogP contribution in [0.1, 0.15) is 12.0 Å². The number of carbonyl (C=O) groups is 1. The van der Waals surface area contributed by atoms with Crippen LogP contribution in [0.15, 0.2) is 42.5 Å². The lowest BCUT2D eigenvalue weighted by atomic mass is 10.1. The SMILES string of the molecule is O=C(CCc1ccc(Cl)cc1)Nc1ccc(Cl)c([N+](=O)[O-])c1. The molecule has 0 saturated carbocycles. The first-order chi connectivity index (χ1) is 10.5. The number of hydrogen-bond acceptors (Lipinski definition) is 3. The molecular formula is C15H12Cl2N2O3. The van der Waals surface area contributed by atoms with Crippen LogP contribution in [0, 0.1) is 10.1 Å². The number of rotatable bonds is 5. The lowest BCUT2D eigenvalue weighted by Gasteiger charge is -2.06. The van der Waals surface area contributed by atoms with E-state index in [1.54, 1.807) is 12.1 Å². The van der Waals surface area contributed by atoms with E-state index in [2.05, 4.69) is 5.32 Å². The number of anilines is 1. The highest BCUT2D eigenvalue weighted by molar-refractivity contribution is 6.32. The van der Waals surface area contributed by atoms with Crippen LogP contribution in [-0.4, -0.2) is 10.8 Å². The number of nitro groups is 1. The monoisotopic (exact) mass is 338 g/mol. The number of amides is 1. The normalized spacial score (nSPS) is 10.3. The van der Waals surface area contributed by atoms with E-state index in [1.807, 2.05) is 12.1 Å². The summed E-state index contributed by atoms with van der Waals surface area (Å²) in [6.45, 7) is 0. The van der Waals surface area contributed by atoms with Crippen molar-refractivity contribution in [3.8, 4) is 0 Å². The summed E-state index contributed by atoms with van der Waals surface area (Å²) in [5, 5.41) is 14.1. The Bertz CT molecular complexity index is 702. The molecule has 0 aliphatic rings. The fourth-order valence-electron chi connectivity index (χ4n) is 1.86. The number of aryl methyl sites for hydroxylation is 1. The van der Waals surface area contributed by atoms with Crippen molar-refractivity contribution >= 4 is 40.5 Å². The number of nitrogens with one attached hydrogen (secondary N) is 1. The number of hydrogen-bond donors (Lipinski definition) is 1. The average molecular weight is 339 g/mol. The minimum atomic E-state index is -0.592. The maximum Gasteiger partial charge on any atom is 0.289 e. The predicted octanol–water partition coefficient (Wildman–Crippen LogP) is 4.47. The van der Waals surface area contributed by atoms with Crippen molar-refractivity contribution in [1.29, 1.82) is 0 Å². The molecule has 0 aliphatic heterocycles. The molecule has 2 aromatic carbocycles. The Morgan fingerprint density at radius 1 is 1.14 bits per heavy atom. The Hall–Kier alpha value is -2.11. The Labute approximate surface area is 137 Å². The van der Waals surface area contributed by atoms with Crippen molar-refractivity contribution in [2.24, 2.45) is 0 Å². The largest absolute Gasteiger partial charge is 0.326 e. The summed E-state index contributed by atoms with van der Waals surface area (Å²) in [7, 11) is 0. The van der Waals surface area contributed by atoms with Crippen LogP contribution >= 0.6 is 23.2 Å². The van der Waals surface area contributed by atoms with Gasteiger partial charge in [0, 0.05) is 23.2 Å². The summed E-state index contributed by atoms with van der Waals surface area (Å²) in [5.41, 5.74) is 1.09. The fraction of sp³-hybridized carbons (Fsp3) is 0.133. The number of carbonyl (C=O) groups excluding carboxylic acids is 1. The second-order valence-electron chi connectivity index (χ2n) is 4.60. The predicted molar refractivity (Wildman–Crippen MR) is 86.5 cm³/mol. The van der Waals surface area contributed by atoms with Gasteiger partial charge in [-0.05, 0) is 36.2 Å². The standard InChI is InChI=1S/C15H12Cl2N2O3/c16-11-4-1-10(2-5-11)3-8-15(20)18-12-6-7-13(17)14(9-12)19(21)22/h1-2,4-7,9H,3,8H2,(H,18,20). The van der Waals surface area contributed by atoms with Crippen LogP contribution in [0.3, 0.4) is 0 Å². The van der Waals surface area contributed by atoms with E-state index >= 15 is 0 Å². The zero-order valence-corrected chi connectivity index (χ0v) is 12.9. The van der Waals surface area contributed by atoms with Gasteiger partial charge >= 0.3 is 0 Å². The second kappa shape index (κ2) is 7.24. The molecule has 7 heteroatoms. The van der Waals surface area contributed by atoms with Gasteiger partial charge in [0.05, 0.1) is 4.92 Å². The second-order valence-corrected chi connectivity index (χ2v) is 5.44. The molecule has 0 aromatic heterocycles. The summed E-state index contributed by atoms with van der Waals surface area (Å²) in [6.07, 6.45) is 0.816. The van der Waals surface area contributed by atoms with Gasteiger partial charge in [-0.25, -0.2) is 0 Å². The third-order valence-corrected chi connectivity index (χ3v) is 3.55. The number of halogens is 2. The molecule has 5 nitrogen and oxygen atoms in total. The van der Waals surface area contributed by atoms with E-state index in [1.165, 1.54) is 18.2 Å². The van der Waals surface area contributed by atoms with Crippen molar-refractivity contribution in [3.05, 3.63) is 68.2 Å². The maximum atomic E-state index is 11.9. The molecule has 2 rings (SSSR count). The van der Waals surface area contributed by atoms with Gasteiger partial charge in [0.1, 0.15) is 5.02 Å². The molecule has 0 spiro atoms. The molecule has 0 saturated heterocycles. The maximum absolute atomic E-state index is 11.9. The number of benzene rings is 2. The van der Waals surface area contributed by atoms with Crippen LogP contribution in [0.5, 0.6) is 0 Å². The van der Waals surface area contributed by atoms with Crippen LogP contribution in [0.25, 0.3) is 0 Å². The van der Waals surface area contributed by atoms with E-state index < -0.39 is 4.92 Å². The van der Waals surface area contributed by atoms with Crippen molar-refractivity contribution in [3.63, 3.8) is 0 Å². The first-order valence-corrected chi connectivity index (χ1v) is 7.19. The molecule has 0 atom stereocenters. The highest BCUT2D eigenvalue weighted by Gasteiger charge is 2.13. The first kappa shape index (κ1) is 16.3. The quantitative estimate of drug-likeness (QED) is 0.645. The Balaban J connectivity index is 1.96. The summed E-state index contributed by atoms with van der Waals surface area (Å²) in [4.78, 5) is 22.1. The Morgan fingerprint density at radius 3 is 2.45 bits per heavy atom. The van der Waals surface area contributed by atoms with E-state index in [0.29, 0.717) is 17.1 Å². The Morgan fingerprint density at radius 2 is 1.82 bits per heavy atom. The molecule has 0 aliphatic carbocycles. The van der Waals surface area contributed by atoms with Gasteiger partial charge in [-0.3, -0.25) is 14.9 Å². The van der Waals surface area contributed by atoms with Crippen LogP contribution in [0.4, 0.5) is 11.4 Å². The van der Waals surface area contributed by atoms with Crippen LogP contribution < -0.4 is 5.32 Å². The number of nitrogens with zero attached hydrogens (tertiary/aromatic N) is 1. The minimum Gasteiger partial charge on any atom is -0.326 e. The summed E-state index contributed by atoms with van der Waals surface area (Å²) >= 11 is 11.5. The van der Waals surface area contributed by atoms with Gasteiger partial charge < -0.3 is 5.32 Å². The summed E-state index contributed by atoms with van der Waals surface area (Å²) < 4.78 is 0. The molecule has 0 unspecified atom stereocenters. The molecule has 1 amide bonds. The third kappa shape index (κ3) is 4.44. The average Bonchev–Trinajstić information content (AvgIpc) is 2.48. The lowest BCUT2D eigenvalue weighted by molar-refractivity contribution is -0.384. The van der Waals surface area contributed by atoms with E-state index in [-0.39, 0.29) is 23.0 Å². The highest BCUT2D eigenvalue weighted by atomic mass is 35.5. The molecule has 1 N–H and O–H groups in total. The van der Waals surface area contributed by atoms with Crippen molar-refractivity contribution < 1.29 is 9.72 Å². The van der Waals surface area contributed by atoms with Gasteiger partial charge in [-0.1, -0.05) is 35.3 Å². The van der Waals surface area contributed by atoms with Crippen molar-refractivity contribution in [1.82, 2.24) is 0 Å². The molecule has 114 valence electrons. The molecule has 0 radical (unpaired) electrons. The summed E-state index contributed by atoms with van der Waals surface area (Å²) in [5.74, 6) is -0.230. The zero-order valence-electron chi connectivity index (χ0n) is 11.4. The molecule has 0 bridgehead atoms. The molecule has 2 aromatic rings. The van der Waals surface area contributed by atoms with E-state index in [0.717, 1.165) is 5.56 Å². The van der Waals surface area contributed by atoms with E-state index in [4.69, 9.17) is 23.2 Å². The van der Waals surface area contributed by atoms with Crippen LogP contribution in [-0.2, 0) is 11.2 Å². The minimum absolute atomic E-state index is 0.0316. The van der Waals surface area contributed by atoms with Gasteiger partial charge in [0.25, 0.3) is 5.69 Å². The van der Waals surface area contributed by atoms with E-state index in [9.17, 15) is 14.9 Å². The summed E-state index contributed by atoms with van der Waals surface area (Å²) in [6, 6.07) is 11.4.